The lowest BCUT2D eigenvalue weighted by molar-refractivity contribution is 0.573. The van der Waals surface area contributed by atoms with E-state index in [1.165, 1.54) is 18.2 Å². The van der Waals surface area contributed by atoms with Gasteiger partial charge in [-0.25, -0.2) is 27.8 Å². The molecule has 0 atom stereocenters. The largest absolute Gasteiger partial charge is 0.383 e. The first-order chi connectivity index (χ1) is 13.8. The van der Waals surface area contributed by atoms with E-state index in [1.54, 1.807) is 12.4 Å². The Balaban J connectivity index is 1.73. The van der Waals surface area contributed by atoms with Crippen molar-refractivity contribution >= 4 is 32.9 Å². The molecule has 29 heavy (non-hydrogen) atoms. The van der Waals surface area contributed by atoms with Crippen molar-refractivity contribution < 1.29 is 12.8 Å². The Morgan fingerprint density at radius 1 is 1.21 bits per heavy atom. The number of pyridine rings is 1. The Labute approximate surface area is 167 Å². The smallest absolute Gasteiger partial charge is 0.227 e. The number of hydrogen-bond acceptors (Lipinski definition) is 7. The minimum atomic E-state index is -3.70. The van der Waals surface area contributed by atoms with Gasteiger partial charge in [0.15, 0.2) is 15.7 Å². The Bertz CT molecular complexity index is 1270. The normalized spacial score (nSPS) is 13.1. The zero-order valence-corrected chi connectivity index (χ0v) is 16.6. The van der Waals surface area contributed by atoms with Crippen LogP contribution in [0.5, 0.6) is 0 Å². The summed E-state index contributed by atoms with van der Waals surface area (Å²) in [6, 6.07) is 6.00. The highest BCUT2D eigenvalue weighted by molar-refractivity contribution is 7.90. The number of fused-ring (bicyclic) bond motifs is 1. The van der Waals surface area contributed by atoms with Crippen molar-refractivity contribution in [2.45, 2.75) is 18.2 Å². The topological polar surface area (TPSA) is 111 Å². The second-order valence-electron chi connectivity index (χ2n) is 6.78. The Morgan fingerprint density at radius 3 is 2.76 bits per heavy atom. The van der Waals surface area contributed by atoms with Gasteiger partial charge >= 0.3 is 0 Å². The number of hydrogen-bond donors (Lipinski definition) is 2. The number of aromatic nitrogens is 3. The molecule has 1 aromatic carbocycles. The van der Waals surface area contributed by atoms with Gasteiger partial charge in [0, 0.05) is 29.8 Å². The summed E-state index contributed by atoms with van der Waals surface area (Å²) >= 11 is 0. The van der Waals surface area contributed by atoms with Crippen LogP contribution in [-0.2, 0) is 16.3 Å². The van der Waals surface area contributed by atoms with Crippen LogP contribution in [0.4, 0.5) is 21.8 Å². The maximum Gasteiger partial charge on any atom is 0.227 e. The summed E-state index contributed by atoms with van der Waals surface area (Å²) in [5.41, 5.74) is 10.3. The van der Waals surface area contributed by atoms with E-state index in [1.807, 2.05) is 19.1 Å². The van der Waals surface area contributed by atoms with E-state index in [0.29, 0.717) is 17.9 Å². The van der Waals surface area contributed by atoms with Crippen molar-refractivity contribution in [2.75, 3.05) is 17.3 Å². The number of anilines is 3. The van der Waals surface area contributed by atoms with Crippen molar-refractivity contribution in [3.8, 4) is 0 Å². The summed E-state index contributed by atoms with van der Waals surface area (Å²) in [7, 11) is -3.70. The molecule has 3 N–H and O–H groups in total. The first-order valence-corrected chi connectivity index (χ1v) is 10.7. The summed E-state index contributed by atoms with van der Waals surface area (Å²) in [6.45, 7) is 1.88. The van der Waals surface area contributed by atoms with Crippen LogP contribution in [0.3, 0.4) is 0 Å². The summed E-state index contributed by atoms with van der Waals surface area (Å²) in [4.78, 5) is 12.5. The van der Waals surface area contributed by atoms with Gasteiger partial charge in [0.1, 0.15) is 10.7 Å². The molecule has 0 spiro atoms. The minimum absolute atomic E-state index is 0.0167. The Morgan fingerprint density at radius 2 is 2.00 bits per heavy atom. The van der Waals surface area contributed by atoms with Gasteiger partial charge in [-0.15, -0.1) is 0 Å². The molecular formula is C20H18FN5O2S. The van der Waals surface area contributed by atoms with Gasteiger partial charge in [0.05, 0.1) is 11.4 Å². The van der Waals surface area contributed by atoms with E-state index in [2.05, 4.69) is 20.3 Å². The standard InChI is InChI=1S/C20H18FN5O2S/c1-11-10-24-20(25-15-4-3-5-16(17(15)21)29(2,27)28)26-18(11)13-6-7-14-12(13)8-9-23-19(14)22/h3-6,8-10H,7H2,1-2H3,(H2,22,23)(H,24,25,26). The summed E-state index contributed by atoms with van der Waals surface area (Å²) < 4.78 is 38.2. The third-order valence-corrected chi connectivity index (χ3v) is 5.84. The van der Waals surface area contributed by atoms with Crippen LogP contribution in [0.1, 0.15) is 22.4 Å². The average molecular weight is 411 g/mol. The fourth-order valence-electron chi connectivity index (χ4n) is 3.30. The second-order valence-corrected chi connectivity index (χ2v) is 8.77. The van der Waals surface area contributed by atoms with Gasteiger partial charge in [0.25, 0.3) is 0 Å². The molecule has 2 aromatic heterocycles. The number of sulfone groups is 1. The second kappa shape index (κ2) is 6.93. The molecule has 148 valence electrons. The number of nitrogens with zero attached hydrogens (tertiary/aromatic N) is 3. The van der Waals surface area contributed by atoms with E-state index in [9.17, 15) is 12.8 Å². The van der Waals surface area contributed by atoms with Gasteiger partial charge in [-0.3, -0.25) is 0 Å². The molecule has 0 saturated carbocycles. The molecule has 7 nitrogen and oxygen atoms in total. The molecule has 0 bridgehead atoms. The average Bonchev–Trinajstić information content (AvgIpc) is 3.09. The van der Waals surface area contributed by atoms with Crippen LogP contribution >= 0.6 is 0 Å². The van der Waals surface area contributed by atoms with E-state index >= 15 is 0 Å². The first-order valence-electron chi connectivity index (χ1n) is 8.79. The van der Waals surface area contributed by atoms with Crippen molar-refractivity contribution in [1.29, 1.82) is 0 Å². The summed E-state index contributed by atoms with van der Waals surface area (Å²) in [6.07, 6.45) is 6.91. The number of benzene rings is 1. The van der Waals surface area contributed by atoms with Crippen molar-refractivity contribution in [3.63, 3.8) is 0 Å². The quantitative estimate of drug-likeness (QED) is 0.679. The molecular weight excluding hydrogens is 393 g/mol. The predicted molar refractivity (Wildman–Crippen MR) is 109 cm³/mol. The number of nitrogens with two attached hydrogens (primary N) is 1. The van der Waals surface area contributed by atoms with E-state index < -0.39 is 15.7 Å². The lowest BCUT2D eigenvalue weighted by Gasteiger charge is -2.12. The molecule has 0 fully saturated rings. The molecule has 0 radical (unpaired) electrons. The Kier molecular flexibility index (Phi) is 4.54. The van der Waals surface area contributed by atoms with Gasteiger partial charge in [-0.05, 0) is 42.7 Å². The molecule has 3 aromatic rings. The van der Waals surface area contributed by atoms with Crippen LogP contribution in [-0.4, -0.2) is 29.6 Å². The third kappa shape index (κ3) is 3.44. The van der Waals surface area contributed by atoms with Crippen LogP contribution < -0.4 is 11.1 Å². The van der Waals surface area contributed by atoms with Crippen LogP contribution in [0.15, 0.2) is 47.6 Å². The highest BCUT2D eigenvalue weighted by Gasteiger charge is 2.22. The lowest BCUT2D eigenvalue weighted by atomic mass is 10.0. The van der Waals surface area contributed by atoms with E-state index in [0.717, 1.165) is 28.5 Å². The molecule has 0 amide bonds. The zero-order valence-electron chi connectivity index (χ0n) is 15.8. The molecule has 1 aliphatic rings. The number of rotatable bonds is 4. The first kappa shape index (κ1) is 19.0. The lowest BCUT2D eigenvalue weighted by Crippen LogP contribution is -2.07. The maximum absolute atomic E-state index is 14.6. The van der Waals surface area contributed by atoms with Crippen molar-refractivity contribution in [1.82, 2.24) is 15.0 Å². The van der Waals surface area contributed by atoms with E-state index in [4.69, 9.17) is 5.73 Å². The molecule has 0 unspecified atom stereocenters. The zero-order chi connectivity index (χ0) is 20.8. The molecule has 9 heteroatoms. The molecule has 2 heterocycles. The van der Waals surface area contributed by atoms with Gasteiger partial charge in [-0.2, -0.15) is 0 Å². The predicted octanol–water partition coefficient (Wildman–Crippen LogP) is 3.04. The fraction of sp³-hybridized carbons (Fsp3) is 0.150. The number of nitrogen functional groups attached to an aromatic ring is 1. The van der Waals surface area contributed by atoms with Gasteiger partial charge < -0.3 is 11.1 Å². The molecule has 0 saturated heterocycles. The highest BCUT2D eigenvalue weighted by atomic mass is 32.2. The van der Waals surface area contributed by atoms with Crippen LogP contribution in [0.2, 0.25) is 0 Å². The number of halogens is 1. The molecule has 1 aliphatic carbocycles. The summed E-state index contributed by atoms with van der Waals surface area (Å²) in [5, 5.41) is 2.79. The molecule has 4 rings (SSSR count). The molecule has 0 aliphatic heterocycles. The number of nitrogens with one attached hydrogen (secondary N) is 1. The summed E-state index contributed by atoms with van der Waals surface area (Å²) in [5.74, 6) is -0.227. The van der Waals surface area contributed by atoms with Crippen LogP contribution in [0.25, 0.3) is 5.57 Å². The van der Waals surface area contributed by atoms with Crippen molar-refractivity contribution in [2.24, 2.45) is 0 Å². The highest BCUT2D eigenvalue weighted by Crippen LogP contribution is 2.35. The Hall–Kier alpha value is -3.33. The monoisotopic (exact) mass is 411 g/mol. The number of allylic oxidation sites excluding steroid dienone is 1. The third-order valence-electron chi connectivity index (χ3n) is 4.73. The van der Waals surface area contributed by atoms with Gasteiger partial charge in [-0.1, -0.05) is 12.1 Å². The van der Waals surface area contributed by atoms with E-state index in [-0.39, 0.29) is 16.5 Å². The number of aryl methyl sites for hydroxylation is 1. The SMILES string of the molecule is Cc1cnc(Nc2cccc(S(C)(=O)=O)c2F)nc1C1=CCc2c1ccnc2N. The minimum Gasteiger partial charge on any atom is -0.383 e. The van der Waals surface area contributed by atoms with Crippen molar-refractivity contribution in [3.05, 3.63) is 70.9 Å². The maximum atomic E-state index is 14.6. The van der Waals surface area contributed by atoms with Crippen LogP contribution in [0, 0.1) is 12.7 Å². The fourth-order valence-corrected chi connectivity index (χ4v) is 4.06. The van der Waals surface area contributed by atoms with Gasteiger partial charge in [0.2, 0.25) is 5.95 Å².